The van der Waals surface area contributed by atoms with Crippen LogP contribution >= 0.6 is 0 Å². The van der Waals surface area contributed by atoms with Crippen LogP contribution in [0.5, 0.6) is 0 Å². The summed E-state index contributed by atoms with van der Waals surface area (Å²) in [6, 6.07) is 0. The highest BCUT2D eigenvalue weighted by atomic mass is 16.1. The minimum atomic E-state index is 0.327. The summed E-state index contributed by atoms with van der Waals surface area (Å²) in [7, 11) is 0. The predicted molar refractivity (Wildman–Crippen MR) is 90.5 cm³/mol. The molecule has 5 unspecified atom stereocenters. The monoisotopic (exact) mass is 298 g/mol. The molecule has 4 aliphatic rings. The minimum absolute atomic E-state index is 0.327. The van der Waals surface area contributed by atoms with Crippen molar-refractivity contribution in [2.45, 2.75) is 72.1 Å². The molecule has 0 saturated heterocycles. The van der Waals surface area contributed by atoms with E-state index in [0.29, 0.717) is 16.6 Å². The number of carbonyl (C=O) groups excluding carboxylic acids is 1. The van der Waals surface area contributed by atoms with Crippen LogP contribution < -0.4 is 0 Å². The van der Waals surface area contributed by atoms with Gasteiger partial charge in [-0.15, -0.1) is 0 Å². The molecular formula is C21H30O. The molecule has 22 heavy (non-hydrogen) atoms. The summed E-state index contributed by atoms with van der Waals surface area (Å²) >= 11 is 0. The van der Waals surface area contributed by atoms with Gasteiger partial charge in [0.2, 0.25) is 0 Å². The van der Waals surface area contributed by atoms with Gasteiger partial charge in [0.05, 0.1) is 0 Å². The zero-order valence-corrected chi connectivity index (χ0v) is 14.5. The van der Waals surface area contributed by atoms with Crippen LogP contribution in [-0.2, 0) is 4.79 Å². The lowest BCUT2D eigenvalue weighted by Crippen LogP contribution is -2.50. The van der Waals surface area contributed by atoms with E-state index in [9.17, 15) is 4.79 Å². The molecule has 2 fully saturated rings. The fraction of sp³-hybridized carbons (Fsp3) is 0.762. The summed E-state index contributed by atoms with van der Waals surface area (Å²) in [5.41, 5.74) is 4.04. The molecule has 0 heterocycles. The predicted octanol–water partition coefficient (Wildman–Crippen LogP) is 5.46. The van der Waals surface area contributed by atoms with Crippen LogP contribution in [0.2, 0.25) is 0 Å². The number of carbonyl (C=O) groups is 1. The summed E-state index contributed by atoms with van der Waals surface area (Å²) in [5, 5.41) is 0. The Morgan fingerprint density at radius 3 is 2.68 bits per heavy atom. The van der Waals surface area contributed by atoms with Gasteiger partial charge in [0, 0.05) is 6.42 Å². The summed E-state index contributed by atoms with van der Waals surface area (Å²) in [6.45, 7) is 7.36. The van der Waals surface area contributed by atoms with Crippen LogP contribution in [0.15, 0.2) is 23.3 Å². The van der Waals surface area contributed by atoms with Gasteiger partial charge in [-0.1, -0.05) is 38.0 Å². The van der Waals surface area contributed by atoms with E-state index >= 15 is 0 Å². The van der Waals surface area contributed by atoms with Crippen molar-refractivity contribution in [3.63, 3.8) is 0 Å². The Labute approximate surface area is 135 Å². The van der Waals surface area contributed by atoms with E-state index in [4.69, 9.17) is 0 Å². The normalized spacial score (nSPS) is 47.2. The second-order valence-corrected chi connectivity index (χ2v) is 8.74. The molecule has 1 heteroatoms. The standard InChI is InChI=1S/C21H30O/c1-4-14-6-8-18-17-7-5-15-13-16(22)9-11-21(15,3)19(17)10-12-20(14,18)2/h6,13,17-19H,4-5,7-12H2,1-3H3. The summed E-state index contributed by atoms with van der Waals surface area (Å²) < 4.78 is 0. The Balaban J connectivity index is 1.67. The van der Waals surface area contributed by atoms with Gasteiger partial charge in [-0.3, -0.25) is 4.79 Å². The molecule has 0 aromatic heterocycles. The van der Waals surface area contributed by atoms with E-state index < -0.39 is 0 Å². The van der Waals surface area contributed by atoms with Crippen molar-refractivity contribution in [1.29, 1.82) is 0 Å². The molecule has 0 amide bonds. The van der Waals surface area contributed by atoms with E-state index in [2.05, 4.69) is 26.8 Å². The molecule has 5 atom stereocenters. The second-order valence-electron chi connectivity index (χ2n) is 8.74. The van der Waals surface area contributed by atoms with Crippen LogP contribution in [0, 0.1) is 28.6 Å². The molecule has 0 N–H and O–H groups in total. The Bertz CT molecular complexity index is 568. The maximum Gasteiger partial charge on any atom is 0.155 e. The Kier molecular flexibility index (Phi) is 3.23. The quantitative estimate of drug-likeness (QED) is 0.587. The SMILES string of the molecule is CCC1=CCC2C3CCC4=CC(=O)CCC4(C)C3CCC12C. The largest absolute Gasteiger partial charge is 0.295 e. The van der Waals surface area contributed by atoms with E-state index in [1.54, 1.807) is 5.57 Å². The highest BCUT2D eigenvalue weighted by molar-refractivity contribution is 5.91. The van der Waals surface area contributed by atoms with Crippen molar-refractivity contribution in [2.24, 2.45) is 28.6 Å². The maximum atomic E-state index is 11.9. The van der Waals surface area contributed by atoms with Crippen molar-refractivity contribution in [3.05, 3.63) is 23.3 Å². The van der Waals surface area contributed by atoms with E-state index in [1.807, 2.05) is 6.08 Å². The molecule has 4 rings (SSSR count). The molecular weight excluding hydrogens is 268 g/mol. The third-order valence-corrected chi connectivity index (χ3v) is 8.08. The molecule has 0 bridgehead atoms. The number of allylic oxidation sites excluding steroid dienone is 4. The first kappa shape index (κ1) is 14.7. The Morgan fingerprint density at radius 2 is 1.91 bits per heavy atom. The van der Waals surface area contributed by atoms with Crippen molar-refractivity contribution >= 4 is 5.78 Å². The molecule has 2 saturated carbocycles. The van der Waals surface area contributed by atoms with Crippen molar-refractivity contribution in [2.75, 3.05) is 0 Å². The highest BCUT2D eigenvalue weighted by Gasteiger charge is 2.56. The summed E-state index contributed by atoms with van der Waals surface area (Å²) in [6.07, 6.45) is 14.3. The van der Waals surface area contributed by atoms with Gasteiger partial charge in [0.25, 0.3) is 0 Å². The smallest absolute Gasteiger partial charge is 0.155 e. The first-order chi connectivity index (χ1) is 10.5. The topological polar surface area (TPSA) is 17.1 Å². The number of fused-ring (bicyclic) bond motifs is 5. The number of rotatable bonds is 1. The van der Waals surface area contributed by atoms with E-state index in [1.165, 1.54) is 44.1 Å². The highest BCUT2D eigenvalue weighted by Crippen LogP contribution is 2.65. The van der Waals surface area contributed by atoms with Gasteiger partial charge in [0.15, 0.2) is 5.78 Å². The molecule has 120 valence electrons. The average molecular weight is 298 g/mol. The molecule has 0 spiro atoms. The fourth-order valence-electron chi connectivity index (χ4n) is 6.76. The van der Waals surface area contributed by atoms with Gasteiger partial charge in [-0.25, -0.2) is 0 Å². The molecule has 0 aliphatic heterocycles. The maximum absolute atomic E-state index is 11.9. The zero-order valence-electron chi connectivity index (χ0n) is 14.5. The Morgan fingerprint density at radius 1 is 1.09 bits per heavy atom. The summed E-state index contributed by atoms with van der Waals surface area (Å²) in [5.74, 6) is 2.96. The molecule has 0 radical (unpaired) electrons. The van der Waals surface area contributed by atoms with Gasteiger partial charge < -0.3 is 0 Å². The number of hydrogen-bond acceptors (Lipinski definition) is 1. The van der Waals surface area contributed by atoms with E-state index in [-0.39, 0.29) is 0 Å². The van der Waals surface area contributed by atoms with Gasteiger partial charge in [-0.05, 0) is 79.6 Å². The van der Waals surface area contributed by atoms with Crippen LogP contribution in [0.1, 0.15) is 72.1 Å². The molecule has 0 aromatic carbocycles. The van der Waals surface area contributed by atoms with Gasteiger partial charge in [-0.2, -0.15) is 0 Å². The van der Waals surface area contributed by atoms with Gasteiger partial charge in [0.1, 0.15) is 0 Å². The first-order valence-corrected chi connectivity index (χ1v) is 9.42. The average Bonchev–Trinajstić information content (AvgIpc) is 2.84. The van der Waals surface area contributed by atoms with Crippen LogP contribution in [-0.4, -0.2) is 5.78 Å². The van der Waals surface area contributed by atoms with Crippen LogP contribution in [0.25, 0.3) is 0 Å². The Hall–Kier alpha value is -0.850. The zero-order chi connectivity index (χ0) is 15.5. The third kappa shape index (κ3) is 1.80. The molecule has 1 nitrogen and oxygen atoms in total. The molecule has 0 aromatic rings. The lowest BCUT2D eigenvalue weighted by Gasteiger charge is -2.58. The lowest BCUT2D eigenvalue weighted by atomic mass is 9.47. The minimum Gasteiger partial charge on any atom is -0.295 e. The third-order valence-electron chi connectivity index (χ3n) is 8.08. The number of hydrogen-bond donors (Lipinski definition) is 0. The van der Waals surface area contributed by atoms with Crippen molar-refractivity contribution in [1.82, 2.24) is 0 Å². The summed E-state index contributed by atoms with van der Waals surface area (Å²) in [4.78, 5) is 11.9. The second kappa shape index (κ2) is 4.82. The van der Waals surface area contributed by atoms with E-state index in [0.717, 1.165) is 30.6 Å². The fourth-order valence-corrected chi connectivity index (χ4v) is 6.76. The lowest BCUT2D eigenvalue weighted by molar-refractivity contribution is -0.117. The van der Waals surface area contributed by atoms with Crippen LogP contribution in [0.3, 0.4) is 0 Å². The first-order valence-electron chi connectivity index (χ1n) is 9.42. The van der Waals surface area contributed by atoms with Crippen molar-refractivity contribution < 1.29 is 4.79 Å². The number of ketones is 1. The van der Waals surface area contributed by atoms with Crippen molar-refractivity contribution in [3.8, 4) is 0 Å². The van der Waals surface area contributed by atoms with Crippen LogP contribution in [0.4, 0.5) is 0 Å². The molecule has 4 aliphatic carbocycles. The van der Waals surface area contributed by atoms with Gasteiger partial charge >= 0.3 is 0 Å².